The summed E-state index contributed by atoms with van der Waals surface area (Å²) in [6, 6.07) is 7.43. The number of alkyl halides is 3. The quantitative estimate of drug-likeness (QED) is 0.504. The van der Waals surface area contributed by atoms with Crippen molar-refractivity contribution in [2.24, 2.45) is 0 Å². The Labute approximate surface area is 194 Å². The summed E-state index contributed by atoms with van der Waals surface area (Å²) in [5.41, 5.74) is -0.282. The zero-order chi connectivity index (χ0) is 25.4. The van der Waals surface area contributed by atoms with E-state index in [0.29, 0.717) is 11.3 Å². The number of aromatic nitrogens is 3. The van der Waals surface area contributed by atoms with Gasteiger partial charge in [-0.15, -0.1) is 10.2 Å². The maximum absolute atomic E-state index is 13.5. The number of hydrogen-bond donors (Lipinski definition) is 2. The van der Waals surface area contributed by atoms with Crippen molar-refractivity contribution in [2.45, 2.75) is 38.8 Å². The molecule has 1 unspecified atom stereocenters. The molecular weight excluding hydrogens is 471 g/mol. The third kappa shape index (κ3) is 5.33. The number of anilines is 1. The van der Waals surface area contributed by atoms with E-state index in [0.717, 1.165) is 12.6 Å². The first-order chi connectivity index (χ1) is 15.7. The fraction of sp³-hybridized carbons (Fsp3) is 0.273. The zero-order valence-electron chi connectivity index (χ0n) is 19.0. The molecule has 0 fully saturated rings. The lowest BCUT2D eigenvalue weighted by atomic mass is 10.1. The molecule has 180 valence electrons. The van der Waals surface area contributed by atoms with Crippen LogP contribution in [0.15, 0.2) is 35.2 Å². The minimum absolute atomic E-state index is 0.143. The van der Waals surface area contributed by atoms with Crippen molar-refractivity contribution >= 4 is 21.3 Å². The van der Waals surface area contributed by atoms with E-state index in [9.17, 15) is 22.2 Å². The zero-order valence-corrected chi connectivity index (χ0v) is 19.8. The standard InChI is InChI=1S/C22H22F3N5O3S/c1-11-9-12(2)27-14(4)18(11)33-21-17(13(3)19(29-30-21)22(23,24)25)20(31)28-15-7-6-8-16(10-15)34(5,26)32/h6-10,26H,1-5H3,(H,28,31). The predicted molar refractivity (Wildman–Crippen MR) is 120 cm³/mol. The molecule has 0 saturated heterocycles. The molecule has 0 saturated carbocycles. The van der Waals surface area contributed by atoms with E-state index in [2.05, 4.69) is 20.5 Å². The van der Waals surface area contributed by atoms with Gasteiger partial charge in [-0.25, -0.2) is 8.99 Å². The van der Waals surface area contributed by atoms with Gasteiger partial charge in [0.1, 0.15) is 5.56 Å². The molecule has 1 aromatic carbocycles. The van der Waals surface area contributed by atoms with Crippen LogP contribution in [0.2, 0.25) is 0 Å². The van der Waals surface area contributed by atoms with E-state index in [1.54, 1.807) is 26.8 Å². The number of rotatable bonds is 5. The average molecular weight is 494 g/mol. The van der Waals surface area contributed by atoms with E-state index in [1.165, 1.54) is 30.5 Å². The maximum atomic E-state index is 13.5. The first-order valence-electron chi connectivity index (χ1n) is 9.91. The lowest BCUT2D eigenvalue weighted by Gasteiger charge is -2.17. The first-order valence-corrected chi connectivity index (χ1v) is 11.9. The lowest BCUT2D eigenvalue weighted by Crippen LogP contribution is -2.21. The van der Waals surface area contributed by atoms with Crippen molar-refractivity contribution in [1.82, 2.24) is 15.2 Å². The van der Waals surface area contributed by atoms with Crippen molar-refractivity contribution in [3.63, 3.8) is 0 Å². The smallest absolute Gasteiger partial charge is 0.435 e. The van der Waals surface area contributed by atoms with E-state index in [-0.39, 0.29) is 16.3 Å². The van der Waals surface area contributed by atoms with Crippen LogP contribution in [0, 0.1) is 32.5 Å². The van der Waals surface area contributed by atoms with Gasteiger partial charge in [-0.3, -0.25) is 9.78 Å². The number of ether oxygens (including phenoxy) is 1. The Bertz CT molecular complexity index is 1370. The second-order valence-corrected chi connectivity index (χ2v) is 9.93. The third-order valence-electron chi connectivity index (χ3n) is 4.88. The molecule has 0 aliphatic rings. The summed E-state index contributed by atoms with van der Waals surface area (Å²) in [5, 5.41) is 9.30. The molecule has 2 N–H and O–H groups in total. The molecule has 0 bridgehead atoms. The third-order valence-corrected chi connectivity index (χ3v) is 6.03. The SMILES string of the molecule is Cc1cc(C)c(Oc2nnc(C(F)(F)F)c(C)c2C(=O)Nc2cccc(S(C)(=N)=O)c2)c(C)n1. The number of amides is 1. The fourth-order valence-corrected chi connectivity index (χ4v) is 4.07. The van der Waals surface area contributed by atoms with Crippen LogP contribution in [0.1, 0.15) is 38.6 Å². The van der Waals surface area contributed by atoms with Crippen LogP contribution in [0.4, 0.5) is 18.9 Å². The Balaban J connectivity index is 2.11. The fourth-order valence-electron chi connectivity index (χ4n) is 3.38. The Hall–Kier alpha value is -3.54. The van der Waals surface area contributed by atoms with Gasteiger partial charge in [0.25, 0.3) is 11.8 Å². The summed E-state index contributed by atoms with van der Waals surface area (Å²) in [7, 11) is -3.08. The van der Waals surface area contributed by atoms with Crippen molar-refractivity contribution < 1.29 is 26.9 Å². The van der Waals surface area contributed by atoms with E-state index < -0.39 is 44.5 Å². The van der Waals surface area contributed by atoms with Gasteiger partial charge in [0, 0.05) is 22.5 Å². The second-order valence-electron chi connectivity index (χ2n) is 7.77. The average Bonchev–Trinajstić information content (AvgIpc) is 2.69. The van der Waals surface area contributed by atoms with E-state index in [4.69, 9.17) is 9.52 Å². The molecular formula is C22H22F3N5O3S. The van der Waals surface area contributed by atoms with Gasteiger partial charge in [0.2, 0.25) is 0 Å². The van der Waals surface area contributed by atoms with Crippen molar-refractivity contribution in [3.8, 4) is 11.6 Å². The van der Waals surface area contributed by atoms with Crippen LogP contribution in [0.25, 0.3) is 0 Å². The number of aryl methyl sites for hydroxylation is 3. The highest BCUT2D eigenvalue weighted by molar-refractivity contribution is 7.91. The molecule has 0 aliphatic carbocycles. The minimum atomic E-state index is -4.85. The van der Waals surface area contributed by atoms with Gasteiger partial charge in [-0.05, 0) is 63.1 Å². The number of halogens is 3. The van der Waals surface area contributed by atoms with Crippen LogP contribution in [-0.4, -0.2) is 31.6 Å². The summed E-state index contributed by atoms with van der Waals surface area (Å²) >= 11 is 0. The molecule has 3 aromatic rings. The molecule has 0 spiro atoms. The van der Waals surface area contributed by atoms with E-state index >= 15 is 0 Å². The number of nitrogens with one attached hydrogen (secondary N) is 2. The van der Waals surface area contributed by atoms with Gasteiger partial charge in [0.05, 0.1) is 15.4 Å². The summed E-state index contributed by atoms with van der Waals surface area (Å²) in [6.45, 7) is 6.28. The van der Waals surface area contributed by atoms with Gasteiger partial charge < -0.3 is 10.1 Å². The normalized spacial score (nSPS) is 13.3. The molecule has 34 heavy (non-hydrogen) atoms. The lowest BCUT2D eigenvalue weighted by molar-refractivity contribution is -0.142. The Morgan fingerprint density at radius 3 is 2.38 bits per heavy atom. The van der Waals surface area contributed by atoms with Crippen LogP contribution in [0.3, 0.4) is 0 Å². The van der Waals surface area contributed by atoms with Crippen LogP contribution < -0.4 is 10.1 Å². The largest absolute Gasteiger partial charge is 0.435 e. The highest BCUT2D eigenvalue weighted by atomic mass is 32.2. The highest BCUT2D eigenvalue weighted by Crippen LogP contribution is 2.36. The van der Waals surface area contributed by atoms with Crippen LogP contribution in [0.5, 0.6) is 11.6 Å². The Morgan fingerprint density at radius 2 is 1.79 bits per heavy atom. The van der Waals surface area contributed by atoms with E-state index in [1.807, 2.05) is 0 Å². The molecule has 2 aromatic heterocycles. The van der Waals surface area contributed by atoms with Crippen molar-refractivity contribution in [2.75, 3.05) is 11.6 Å². The number of carbonyl (C=O) groups excluding carboxylic acids is 1. The van der Waals surface area contributed by atoms with Gasteiger partial charge in [-0.1, -0.05) is 6.07 Å². The Kier molecular flexibility index (Phi) is 6.65. The van der Waals surface area contributed by atoms with Gasteiger partial charge >= 0.3 is 6.18 Å². The molecule has 2 heterocycles. The summed E-state index contributed by atoms with van der Waals surface area (Å²) in [4.78, 5) is 17.6. The molecule has 0 aliphatic heterocycles. The van der Waals surface area contributed by atoms with Crippen molar-refractivity contribution in [1.29, 1.82) is 4.78 Å². The molecule has 1 atom stereocenters. The van der Waals surface area contributed by atoms with Crippen LogP contribution in [-0.2, 0) is 15.9 Å². The summed E-state index contributed by atoms with van der Waals surface area (Å²) < 4.78 is 66.0. The van der Waals surface area contributed by atoms with Gasteiger partial charge in [-0.2, -0.15) is 13.2 Å². The van der Waals surface area contributed by atoms with Crippen LogP contribution >= 0.6 is 0 Å². The molecule has 12 heteroatoms. The molecule has 8 nitrogen and oxygen atoms in total. The molecule has 0 radical (unpaired) electrons. The monoisotopic (exact) mass is 493 g/mol. The number of hydrogen-bond acceptors (Lipinski definition) is 7. The first kappa shape index (κ1) is 25.1. The number of pyridine rings is 1. The number of benzene rings is 1. The maximum Gasteiger partial charge on any atom is 0.435 e. The number of nitrogens with zero attached hydrogens (tertiary/aromatic N) is 3. The summed E-state index contributed by atoms with van der Waals surface area (Å²) in [5.74, 6) is -1.11. The minimum Gasteiger partial charge on any atom is -0.435 e. The topological polar surface area (TPSA) is 118 Å². The number of carbonyl (C=O) groups is 1. The van der Waals surface area contributed by atoms with Crippen molar-refractivity contribution in [3.05, 3.63) is 64.1 Å². The second kappa shape index (κ2) is 9.01. The highest BCUT2D eigenvalue weighted by Gasteiger charge is 2.38. The summed E-state index contributed by atoms with van der Waals surface area (Å²) in [6.07, 6.45) is -3.63. The molecule has 1 amide bonds. The Morgan fingerprint density at radius 1 is 1.12 bits per heavy atom. The predicted octanol–water partition coefficient (Wildman–Crippen LogP) is 5.20. The molecule has 3 rings (SSSR count). The van der Waals surface area contributed by atoms with Gasteiger partial charge in [0.15, 0.2) is 11.4 Å².